The maximum absolute atomic E-state index is 11.5. The Morgan fingerprint density at radius 2 is 2.39 bits per heavy atom. The topological polar surface area (TPSA) is 52.3 Å². The molecule has 0 aliphatic rings. The summed E-state index contributed by atoms with van der Waals surface area (Å²) in [5.74, 6) is 0.428. The number of esters is 1. The number of carbonyl (C=O) groups excluding carboxylic acids is 1. The van der Waals surface area contributed by atoms with Gasteiger partial charge in [0.15, 0.2) is 5.69 Å². The van der Waals surface area contributed by atoms with Crippen LogP contribution >= 0.6 is 11.3 Å². The summed E-state index contributed by atoms with van der Waals surface area (Å²) in [5, 5.41) is 1.99. The molecule has 94 valence electrons. The lowest BCUT2D eigenvalue weighted by Crippen LogP contribution is -2.06. The highest BCUT2D eigenvalue weighted by Crippen LogP contribution is 2.16. The lowest BCUT2D eigenvalue weighted by Gasteiger charge is -1.96. The first-order valence-corrected chi connectivity index (χ1v) is 6.44. The van der Waals surface area contributed by atoms with Crippen LogP contribution < -0.4 is 0 Å². The average Bonchev–Trinajstić information content (AvgIpc) is 2.96. The molecule has 2 aromatic heterocycles. The summed E-state index contributed by atoms with van der Waals surface area (Å²) < 4.78 is 10.3. The molecule has 5 heteroatoms. The number of hydrogen-bond donors (Lipinski definition) is 0. The summed E-state index contributed by atoms with van der Waals surface area (Å²) in [4.78, 5) is 16.7. The molecule has 0 unspecified atom stereocenters. The molecule has 0 aromatic carbocycles. The van der Waals surface area contributed by atoms with Crippen LogP contribution in [0.15, 0.2) is 21.9 Å². The Morgan fingerprint density at radius 1 is 1.56 bits per heavy atom. The van der Waals surface area contributed by atoms with Crippen LogP contribution in [0.1, 0.15) is 33.9 Å². The summed E-state index contributed by atoms with van der Waals surface area (Å²) in [6.07, 6.45) is 3.63. The predicted octanol–water partition coefficient (Wildman–Crippen LogP) is 3.39. The number of carbonyl (C=O) groups is 1. The van der Waals surface area contributed by atoms with Gasteiger partial charge < -0.3 is 9.15 Å². The fourth-order valence-electron chi connectivity index (χ4n) is 1.42. The number of oxazole rings is 1. The standard InChI is InChI=1S/C13H13NO3S/c1-3-16-13(15)12-9(2)17-11(14-12)7-6-10-5-4-8-18-10/h4-8H,3H2,1-2H3/b7-6+. The number of nitrogens with zero attached hydrogens (tertiary/aromatic N) is 1. The minimum Gasteiger partial charge on any atom is -0.461 e. The summed E-state index contributed by atoms with van der Waals surface area (Å²) >= 11 is 1.62. The highest BCUT2D eigenvalue weighted by atomic mass is 32.1. The van der Waals surface area contributed by atoms with Crippen LogP contribution in [0.25, 0.3) is 12.2 Å². The van der Waals surface area contributed by atoms with Crippen molar-refractivity contribution >= 4 is 29.5 Å². The van der Waals surface area contributed by atoms with Crippen LogP contribution in [-0.4, -0.2) is 17.6 Å². The predicted molar refractivity (Wildman–Crippen MR) is 70.4 cm³/mol. The smallest absolute Gasteiger partial charge is 0.360 e. The zero-order valence-corrected chi connectivity index (χ0v) is 11.0. The van der Waals surface area contributed by atoms with Crippen molar-refractivity contribution in [3.8, 4) is 0 Å². The van der Waals surface area contributed by atoms with E-state index in [4.69, 9.17) is 9.15 Å². The van der Waals surface area contributed by atoms with Gasteiger partial charge in [-0.2, -0.15) is 0 Å². The number of hydrogen-bond acceptors (Lipinski definition) is 5. The van der Waals surface area contributed by atoms with Crippen molar-refractivity contribution in [1.29, 1.82) is 0 Å². The van der Waals surface area contributed by atoms with Crippen LogP contribution in [0.3, 0.4) is 0 Å². The first-order chi connectivity index (χ1) is 8.70. The molecule has 2 rings (SSSR count). The van der Waals surface area contributed by atoms with Gasteiger partial charge in [0.25, 0.3) is 0 Å². The van der Waals surface area contributed by atoms with Gasteiger partial charge in [0.05, 0.1) is 6.61 Å². The van der Waals surface area contributed by atoms with Crippen LogP contribution in [0.4, 0.5) is 0 Å². The van der Waals surface area contributed by atoms with E-state index >= 15 is 0 Å². The zero-order valence-electron chi connectivity index (χ0n) is 10.2. The van der Waals surface area contributed by atoms with Crippen LogP contribution in [0.2, 0.25) is 0 Å². The molecule has 0 radical (unpaired) electrons. The van der Waals surface area contributed by atoms with Crippen molar-refractivity contribution in [3.05, 3.63) is 39.7 Å². The Morgan fingerprint density at radius 3 is 3.06 bits per heavy atom. The van der Waals surface area contributed by atoms with Gasteiger partial charge in [-0.05, 0) is 31.4 Å². The Balaban J connectivity index is 2.16. The van der Waals surface area contributed by atoms with Crippen molar-refractivity contribution in [2.75, 3.05) is 6.61 Å². The molecule has 4 nitrogen and oxygen atoms in total. The first kappa shape index (κ1) is 12.6. The molecule has 0 fully saturated rings. The second-order valence-electron chi connectivity index (χ2n) is 3.53. The largest absolute Gasteiger partial charge is 0.461 e. The zero-order chi connectivity index (χ0) is 13.0. The fraction of sp³-hybridized carbons (Fsp3) is 0.231. The molecule has 0 saturated carbocycles. The minimum absolute atomic E-state index is 0.239. The fourth-order valence-corrected chi connectivity index (χ4v) is 2.03. The van der Waals surface area contributed by atoms with Crippen LogP contribution in [0.5, 0.6) is 0 Å². The van der Waals surface area contributed by atoms with Crippen molar-refractivity contribution in [2.24, 2.45) is 0 Å². The Bertz CT molecular complexity index is 555. The van der Waals surface area contributed by atoms with Crippen LogP contribution in [-0.2, 0) is 4.74 Å². The Kier molecular flexibility index (Phi) is 3.94. The van der Waals surface area contributed by atoms with E-state index in [2.05, 4.69) is 4.98 Å². The van der Waals surface area contributed by atoms with E-state index < -0.39 is 5.97 Å². The van der Waals surface area contributed by atoms with Crippen LogP contribution in [0, 0.1) is 6.92 Å². The van der Waals surface area contributed by atoms with E-state index in [0.29, 0.717) is 18.3 Å². The number of aromatic nitrogens is 1. The van der Waals surface area contributed by atoms with Gasteiger partial charge in [-0.25, -0.2) is 9.78 Å². The Hall–Kier alpha value is -1.88. The molecule has 0 saturated heterocycles. The van der Waals surface area contributed by atoms with Gasteiger partial charge in [0, 0.05) is 11.0 Å². The minimum atomic E-state index is -0.450. The summed E-state index contributed by atoms with van der Waals surface area (Å²) in [5.41, 5.74) is 0.239. The van der Waals surface area contributed by atoms with Gasteiger partial charge in [-0.15, -0.1) is 11.3 Å². The average molecular weight is 263 g/mol. The first-order valence-electron chi connectivity index (χ1n) is 5.57. The van der Waals surface area contributed by atoms with Gasteiger partial charge in [0.1, 0.15) is 5.76 Å². The summed E-state index contributed by atoms with van der Waals surface area (Å²) in [6, 6.07) is 3.96. The number of thiophene rings is 1. The number of aryl methyl sites for hydroxylation is 1. The van der Waals surface area contributed by atoms with E-state index in [-0.39, 0.29) is 5.69 Å². The molecule has 0 atom stereocenters. The second kappa shape index (κ2) is 5.64. The van der Waals surface area contributed by atoms with E-state index in [0.717, 1.165) is 4.88 Å². The van der Waals surface area contributed by atoms with E-state index in [9.17, 15) is 4.79 Å². The van der Waals surface area contributed by atoms with Crippen molar-refractivity contribution in [1.82, 2.24) is 4.98 Å². The Labute approximate surface area is 109 Å². The van der Waals surface area contributed by atoms with Crippen molar-refractivity contribution in [2.45, 2.75) is 13.8 Å². The third kappa shape index (κ3) is 2.87. The molecule has 0 bridgehead atoms. The maximum atomic E-state index is 11.5. The molecule has 18 heavy (non-hydrogen) atoms. The molecule has 0 aliphatic heterocycles. The van der Waals surface area contributed by atoms with E-state index in [1.54, 1.807) is 31.3 Å². The third-order valence-electron chi connectivity index (χ3n) is 2.22. The lowest BCUT2D eigenvalue weighted by atomic mass is 10.4. The molecular weight excluding hydrogens is 250 g/mol. The number of rotatable bonds is 4. The third-order valence-corrected chi connectivity index (χ3v) is 3.05. The summed E-state index contributed by atoms with van der Waals surface area (Å²) in [7, 11) is 0. The van der Waals surface area contributed by atoms with Crippen molar-refractivity contribution < 1.29 is 13.9 Å². The number of ether oxygens (including phenoxy) is 1. The van der Waals surface area contributed by atoms with Crippen molar-refractivity contribution in [3.63, 3.8) is 0 Å². The van der Waals surface area contributed by atoms with Gasteiger partial charge in [0.2, 0.25) is 5.89 Å². The molecule has 0 spiro atoms. The highest BCUT2D eigenvalue weighted by molar-refractivity contribution is 7.10. The molecule has 2 heterocycles. The van der Waals surface area contributed by atoms with Gasteiger partial charge in [-0.3, -0.25) is 0 Å². The molecule has 0 N–H and O–H groups in total. The molecular formula is C13H13NO3S. The van der Waals surface area contributed by atoms with E-state index in [1.165, 1.54) is 0 Å². The quantitative estimate of drug-likeness (QED) is 0.793. The molecule has 2 aromatic rings. The second-order valence-corrected chi connectivity index (χ2v) is 4.51. The lowest BCUT2D eigenvalue weighted by molar-refractivity contribution is 0.0518. The SMILES string of the molecule is CCOC(=O)c1nc(/C=C/c2cccs2)oc1C. The van der Waals surface area contributed by atoms with Gasteiger partial charge >= 0.3 is 5.97 Å². The highest BCUT2D eigenvalue weighted by Gasteiger charge is 2.16. The monoisotopic (exact) mass is 263 g/mol. The summed E-state index contributed by atoms with van der Waals surface area (Å²) in [6.45, 7) is 3.78. The van der Waals surface area contributed by atoms with Gasteiger partial charge in [-0.1, -0.05) is 6.07 Å². The molecule has 0 amide bonds. The molecule has 0 aliphatic carbocycles. The normalized spacial score (nSPS) is 11.0. The van der Waals surface area contributed by atoms with E-state index in [1.807, 2.05) is 23.6 Å². The maximum Gasteiger partial charge on any atom is 0.360 e.